The molecule has 0 aromatic heterocycles. The summed E-state index contributed by atoms with van der Waals surface area (Å²) < 4.78 is 5.28. The van der Waals surface area contributed by atoms with Gasteiger partial charge in [-0.25, -0.2) is 0 Å². The molecule has 148 valence electrons. The molecule has 1 fully saturated rings. The van der Waals surface area contributed by atoms with E-state index in [1.807, 2.05) is 12.1 Å². The second-order valence-electron chi connectivity index (χ2n) is 6.78. The molecule has 28 heavy (non-hydrogen) atoms. The van der Waals surface area contributed by atoms with Gasteiger partial charge in [0.25, 0.3) is 5.91 Å². The minimum atomic E-state index is -0.106. The molecule has 0 spiro atoms. The summed E-state index contributed by atoms with van der Waals surface area (Å²) in [5, 5.41) is 4.20. The maximum absolute atomic E-state index is 12.8. The topological polar surface area (TPSA) is 58.6 Å². The van der Waals surface area contributed by atoms with Crippen molar-refractivity contribution in [2.24, 2.45) is 0 Å². The van der Waals surface area contributed by atoms with Crippen molar-refractivity contribution in [2.45, 2.75) is 25.3 Å². The number of carbonyl (C=O) groups is 2. The third-order valence-electron chi connectivity index (χ3n) is 4.82. The summed E-state index contributed by atoms with van der Waals surface area (Å²) in [4.78, 5) is 26.9. The molecule has 2 aromatic rings. The average Bonchev–Trinajstić information content (AvgIpc) is 2.69. The highest BCUT2D eigenvalue weighted by atomic mass is 35.5. The van der Waals surface area contributed by atoms with Crippen LogP contribution in [-0.4, -0.2) is 43.0 Å². The van der Waals surface area contributed by atoms with Gasteiger partial charge in [-0.1, -0.05) is 35.3 Å². The maximum atomic E-state index is 12.8. The highest BCUT2D eigenvalue weighted by Gasteiger charge is 2.26. The molecule has 2 aromatic carbocycles. The van der Waals surface area contributed by atoms with Crippen molar-refractivity contribution in [2.75, 3.05) is 20.2 Å². The summed E-state index contributed by atoms with van der Waals surface area (Å²) in [5.41, 5.74) is 1.38. The number of ether oxygens (including phenoxy) is 1. The first kappa shape index (κ1) is 20.5. The van der Waals surface area contributed by atoms with Crippen molar-refractivity contribution in [3.05, 3.63) is 63.6 Å². The van der Waals surface area contributed by atoms with Gasteiger partial charge >= 0.3 is 0 Å². The summed E-state index contributed by atoms with van der Waals surface area (Å²) in [6.07, 6.45) is 1.73. The highest BCUT2D eigenvalue weighted by Crippen LogP contribution is 2.25. The van der Waals surface area contributed by atoms with Crippen LogP contribution in [0.1, 0.15) is 28.8 Å². The number of benzene rings is 2. The Morgan fingerprint density at radius 3 is 2.36 bits per heavy atom. The second-order valence-corrected chi connectivity index (χ2v) is 7.65. The molecule has 0 aliphatic carbocycles. The van der Waals surface area contributed by atoms with Crippen molar-refractivity contribution in [1.29, 1.82) is 0 Å². The molecular formula is C21H22Cl2N2O3. The number of piperidine rings is 1. The van der Waals surface area contributed by atoms with E-state index in [-0.39, 0.29) is 17.9 Å². The molecule has 2 amide bonds. The van der Waals surface area contributed by atoms with Crippen LogP contribution in [-0.2, 0) is 11.2 Å². The number of rotatable bonds is 5. The van der Waals surface area contributed by atoms with Crippen molar-refractivity contribution in [1.82, 2.24) is 10.2 Å². The number of likely N-dealkylation sites (tertiary alicyclic amines) is 1. The van der Waals surface area contributed by atoms with Gasteiger partial charge < -0.3 is 15.0 Å². The fourth-order valence-corrected chi connectivity index (χ4v) is 3.61. The van der Waals surface area contributed by atoms with Crippen LogP contribution in [0.4, 0.5) is 0 Å². The summed E-state index contributed by atoms with van der Waals surface area (Å²) in [6, 6.07) is 12.3. The SMILES string of the molecule is COc1ccc(Cl)cc1C(=O)N1CCC(NC(=O)Cc2ccc(Cl)cc2)CC1. The Balaban J connectivity index is 1.53. The third kappa shape index (κ3) is 5.18. The van der Waals surface area contributed by atoms with Gasteiger partial charge in [-0.05, 0) is 48.7 Å². The summed E-state index contributed by atoms with van der Waals surface area (Å²) in [6.45, 7) is 1.14. The number of nitrogens with zero attached hydrogens (tertiary/aromatic N) is 1. The predicted octanol–water partition coefficient (Wildman–Crippen LogP) is 3.97. The first-order valence-electron chi connectivity index (χ1n) is 9.13. The number of hydrogen-bond acceptors (Lipinski definition) is 3. The Kier molecular flexibility index (Phi) is 6.81. The van der Waals surface area contributed by atoms with Gasteiger partial charge in [-0.15, -0.1) is 0 Å². The van der Waals surface area contributed by atoms with E-state index in [9.17, 15) is 9.59 Å². The van der Waals surface area contributed by atoms with Crippen LogP contribution in [0.15, 0.2) is 42.5 Å². The van der Waals surface area contributed by atoms with Gasteiger partial charge in [0.1, 0.15) is 5.75 Å². The normalized spacial score (nSPS) is 14.6. The van der Waals surface area contributed by atoms with E-state index in [0.717, 1.165) is 5.56 Å². The van der Waals surface area contributed by atoms with Crippen LogP contribution < -0.4 is 10.1 Å². The summed E-state index contributed by atoms with van der Waals surface area (Å²) in [5.74, 6) is 0.377. The fraction of sp³-hybridized carbons (Fsp3) is 0.333. The predicted molar refractivity (Wildman–Crippen MR) is 110 cm³/mol. The molecule has 0 saturated carbocycles. The van der Waals surface area contributed by atoms with Crippen LogP contribution in [0.25, 0.3) is 0 Å². The van der Waals surface area contributed by atoms with E-state index in [0.29, 0.717) is 53.7 Å². The molecule has 1 saturated heterocycles. The van der Waals surface area contributed by atoms with Crippen molar-refractivity contribution < 1.29 is 14.3 Å². The van der Waals surface area contributed by atoms with Gasteiger partial charge in [-0.3, -0.25) is 9.59 Å². The van der Waals surface area contributed by atoms with Crippen LogP contribution in [0.5, 0.6) is 5.75 Å². The monoisotopic (exact) mass is 420 g/mol. The van der Waals surface area contributed by atoms with Crippen molar-refractivity contribution in [3.8, 4) is 5.75 Å². The Morgan fingerprint density at radius 2 is 1.71 bits per heavy atom. The Hall–Kier alpha value is -2.24. The lowest BCUT2D eigenvalue weighted by Crippen LogP contribution is -2.47. The average molecular weight is 421 g/mol. The van der Waals surface area contributed by atoms with Crippen LogP contribution in [0.3, 0.4) is 0 Å². The number of amides is 2. The van der Waals surface area contributed by atoms with Gasteiger partial charge in [0.05, 0.1) is 19.1 Å². The second kappa shape index (κ2) is 9.30. The molecule has 0 atom stereocenters. The third-order valence-corrected chi connectivity index (χ3v) is 5.30. The zero-order valence-corrected chi connectivity index (χ0v) is 17.1. The molecule has 0 bridgehead atoms. The zero-order chi connectivity index (χ0) is 20.1. The number of halogens is 2. The fourth-order valence-electron chi connectivity index (χ4n) is 3.31. The first-order valence-corrected chi connectivity index (χ1v) is 9.88. The molecule has 1 heterocycles. The lowest BCUT2D eigenvalue weighted by molar-refractivity contribution is -0.121. The van der Waals surface area contributed by atoms with Crippen molar-refractivity contribution >= 4 is 35.0 Å². The lowest BCUT2D eigenvalue weighted by atomic mass is 10.0. The van der Waals surface area contributed by atoms with Gasteiger partial charge in [-0.2, -0.15) is 0 Å². The molecule has 1 aliphatic rings. The molecule has 7 heteroatoms. The van der Waals surface area contributed by atoms with Gasteiger partial charge in [0.15, 0.2) is 0 Å². The minimum absolute atomic E-state index is 0.0244. The van der Waals surface area contributed by atoms with E-state index < -0.39 is 0 Å². The Morgan fingerprint density at radius 1 is 1.07 bits per heavy atom. The molecule has 3 rings (SSSR count). The van der Waals surface area contributed by atoms with Gasteiger partial charge in [0.2, 0.25) is 5.91 Å². The summed E-state index contributed by atoms with van der Waals surface area (Å²) in [7, 11) is 1.53. The molecular weight excluding hydrogens is 399 g/mol. The maximum Gasteiger partial charge on any atom is 0.257 e. The van der Waals surface area contributed by atoms with E-state index in [1.54, 1.807) is 35.2 Å². The smallest absolute Gasteiger partial charge is 0.257 e. The van der Waals surface area contributed by atoms with E-state index >= 15 is 0 Å². The van der Waals surface area contributed by atoms with Crippen molar-refractivity contribution in [3.63, 3.8) is 0 Å². The molecule has 0 radical (unpaired) electrons. The molecule has 1 aliphatic heterocycles. The lowest BCUT2D eigenvalue weighted by Gasteiger charge is -2.32. The number of hydrogen-bond donors (Lipinski definition) is 1. The summed E-state index contributed by atoms with van der Waals surface area (Å²) >= 11 is 11.9. The number of nitrogens with one attached hydrogen (secondary N) is 1. The minimum Gasteiger partial charge on any atom is -0.496 e. The Labute approximate surface area is 174 Å². The molecule has 0 unspecified atom stereocenters. The molecule has 1 N–H and O–H groups in total. The standard InChI is InChI=1S/C21H22Cl2N2O3/c1-28-19-7-6-16(23)13-18(19)21(27)25-10-8-17(9-11-25)24-20(26)12-14-2-4-15(22)5-3-14/h2-7,13,17H,8-12H2,1H3,(H,24,26). The Bertz CT molecular complexity index is 847. The van der Waals surface area contributed by atoms with Crippen LogP contribution in [0, 0.1) is 0 Å². The zero-order valence-electron chi connectivity index (χ0n) is 15.6. The van der Waals surface area contributed by atoms with E-state index in [4.69, 9.17) is 27.9 Å². The first-order chi connectivity index (χ1) is 13.5. The van der Waals surface area contributed by atoms with E-state index in [1.165, 1.54) is 7.11 Å². The number of carbonyl (C=O) groups excluding carboxylic acids is 2. The highest BCUT2D eigenvalue weighted by molar-refractivity contribution is 6.31. The molecule has 5 nitrogen and oxygen atoms in total. The van der Waals surface area contributed by atoms with E-state index in [2.05, 4.69) is 5.32 Å². The quantitative estimate of drug-likeness (QED) is 0.795. The van der Waals surface area contributed by atoms with Gasteiger partial charge in [0, 0.05) is 29.2 Å². The van der Waals surface area contributed by atoms with Crippen LogP contribution >= 0.6 is 23.2 Å². The number of methoxy groups -OCH3 is 1. The van der Waals surface area contributed by atoms with Crippen LogP contribution in [0.2, 0.25) is 10.0 Å². The largest absolute Gasteiger partial charge is 0.496 e.